The second-order valence-corrected chi connectivity index (χ2v) is 4.51. The molecule has 0 fully saturated rings. The maximum atomic E-state index is 13.1. The molecule has 0 atom stereocenters. The molecule has 2 aromatic carbocycles. The van der Waals surface area contributed by atoms with E-state index in [4.69, 9.17) is 0 Å². The van der Waals surface area contributed by atoms with Gasteiger partial charge < -0.3 is 5.32 Å². The van der Waals surface area contributed by atoms with Crippen LogP contribution in [-0.2, 0) is 4.79 Å². The van der Waals surface area contributed by atoms with Crippen LogP contribution in [0.25, 0.3) is 6.08 Å². The highest BCUT2D eigenvalue weighted by molar-refractivity contribution is 6.19. The van der Waals surface area contributed by atoms with Crippen molar-refractivity contribution in [2.45, 2.75) is 0 Å². The molecule has 1 amide bonds. The van der Waals surface area contributed by atoms with Crippen LogP contribution in [0.2, 0.25) is 0 Å². The van der Waals surface area contributed by atoms with Gasteiger partial charge in [-0.25, -0.2) is 13.8 Å². The lowest BCUT2D eigenvalue weighted by molar-refractivity contribution is -0.115. The van der Waals surface area contributed by atoms with Gasteiger partial charge in [-0.1, -0.05) is 12.1 Å². The van der Waals surface area contributed by atoms with Crippen molar-refractivity contribution >= 4 is 17.8 Å². The number of rotatable bonds is 2. The minimum atomic E-state index is -0.384. The number of benzene rings is 2. The molecule has 0 saturated heterocycles. The fourth-order valence-electron chi connectivity index (χ4n) is 1.97. The van der Waals surface area contributed by atoms with Gasteiger partial charge in [-0.2, -0.15) is 0 Å². The van der Waals surface area contributed by atoms with Gasteiger partial charge in [0.15, 0.2) is 0 Å². The number of carbonyl (C=O) groups is 1. The van der Waals surface area contributed by atoms with E-state index in [9.17, 15) is 13.6 Å². The molecular weight excluding hydrogens is 274 g/mol. The molecule has 2 aromatic rings. The Morgan fingerprint density at radius 2 is 1.76 bits per heavy atom. The predicted molar refractivity (Wildman–Crippen MR) is 75.5 cm³/mol. The molecule has 0 radical (unpaired) electrons. The van der Waals surface area contributed by atoms with Crippen molar-refractivity contribution in [3.05, 3.63) is 77.0 Å². The third-order valence-corrected chi connectivity index (χ3v) is 2.97. The van der Waals surface area contributed by atoms with Crippen molar-refractivity contribution in [2.24, 2.45) is 4.99 Å². The van der Waals surface area contributed by atoms with Gasteiger partial charge >= 0.3 is 0 Å². The Morgan fingerprint density at radius 1 is 1.00 bits per heavy atom. The summed E-state index contributed by atoms with van der Waals surface area (Å²) >= 11 is 0. The summed E-state index contributed by atoms with van der Waals surface area (Å²) < 4.78 is 26.0. The predicted octanol–water partition coefficient (Wildman–Crippen LogP) is 2.88. The Labute approximate surface area is 119 Å². The van der Waals surface area contributed by atoms with Crippen molar-refractivity contribution < 1.29 is 13.6 Å². The molecule has 21 heavy (non-hydrogen) atoms. The summed E-state index contributed by atoms with van der Waals surface area (Å²) in [5, 5.41) is 2.60. The summed E-state index contributed by atoms with van der Waals surface area (Å²) in [5.41, 5.74) is 1.33. The Hall–Kier alpha value is -2.82. The van der Waals surface area contributed by atoms with E-state index >= 15 is 0 Å². The van der Waals surface area contributed by atoms with E-state index in [2.05, 4.69) is 10.3 Å². The SMILES string of the molecule is O=C1NC(c2ccc(F)cc2)=N/C1=C/c1cccc(F)c1. The number of amides is 1. The molecule has 3 nitrogen and oxygen atoms in total. The maximum absolute atomic E-state index is 13.1. The third-order valence-electron chi connectivity index (χ3n) is 2.97. The maximum Gasteiger partial charge on any atom is 0.275 e. The smallest absolute Gasteiger partial charge is 0.275 e. The highest BCUT2D eigenvalue weighted by Gasteiger charge is 2.21. The second kappa shape index (κ2) is 5.28. The minimum Gasteiger partial charge on any atom is -0.305 e. The van der Waals surface area contributed by atoms with Crippen molar-refractivity contribution in [3.8, 4) is 0 Å². The van der Waals surface area contributed by atoms with Crippen LogP contribution < -0.4 is 5.32 Å². The molecule has 0 aliphatic carbocycles. The normalized spacial score (nSPS) is 16.0. The van der Waals surface area contributed by atoms with E-state index in [-0.39, 0.29) is 23.2 Å². The molecule has 1 aliphatic rings. The molecule has 0 spiro atoms. The number of carbonyl (C=O) groups excluding carboxylic acids is 1. The van der Waals surface area contributed by atoms with Gasteiger partial charge in [0.05, 0.1) is 0 Å². The molecule has 1 heterocycles. The van der Waals surface area contributed by atoms with Crippen molar-refractivity contribution in [2.75, 3.05) is 0 Å². The van der Waals surface area contributed by atoms with E-state index in [1.807, 2.05) is 0 Å². The highest BCUT2D eigenvalue weighted by Crippen LogP contribution is 2.16. The first-order valence-electron chi connectivity index (χ1n) is 6.25. The molecule has 3 rings (SSSR count). The van der Waals surface area contributed by atoms with Crippen LogP contribution in [0.15, 0.2) is 59.2 Å². The first-order chi connectivity index (χ1) is 10.1. The zero-order valence-electron chi connectivity index (χ0n) is 10.8. The van der Waals surface area contributed by atoms with Crippen molar-refractivity contribution in [3.63, 3.8) is 0 Å². The number of aliphatic imine (C=N–C) groups is 1. The summed E-state index contributed by atoms with van der Waals surface area (Å²) in [5.74, 6) is -0.772. The molecule has 0 saturated carbocycles. The lowest BCUT2D eigenvalue weighted by Crippen LogP contribution is -2.24. The van der Waals surface area contributed by atoms with Gasteiger partial charge in [-0.3, -0.25) is 4.79 Å². The molecule has 0 bridgehead atoms. The standard InChI is InChI=1S/C16H10F2N2O/c17-12-6-4-11(5-7-12)15-19-14(16(21)20-15)9-10-2-1-3-13(18)8-10/h1-9H,(H,19,20,21)/b14-9+. The highest BCUT2D eigenvalue weighted by atomic mass is 19.1. The fraction of sp³-hybridized carbons (Fsp3) is 0. The largest absolute Gasteiger partial charge is 0.305 e. The Morgan fingerprint density at radius 3 is 2.48 bits per heavy atom. The fourth-order valence-corrected chi connectivity index (χ4v) is 1.97. The first-order valence-corrected chi connectivity index (χ1v) is 6.25. The Balaban J connectivity index is 1.93. The Bertz CT molecular complexity index is 764. The zero-order valence-corrected chi connectivity index (χ0v) is 10.8. The summed E-state index contributed by atoms with van der Waals surface area (Å²) in [6.07, 6.45) is 1.49. The number of halogens is 2. The molecule has 1 N–H and O–H groups in total. The number of hydrogen-bond donors (Lipinski definition) is 1. The van der Waals surface area contributed by atoms with Crippen LogP contribution in [0.4, 0.5) is 8.78 Å². The molecule has 5 heteroatoms. The van der Waals surface area contributed by atoms with Gasteiger partial charge in [0.2, 0.25) is 0 Å². The van der Waals surface area contributed by atoms with Crippen molar-refractivity contribution in [1.82, 2.24) is 5.32 Å². The van der Waals surface area contributed by atoms with E-state index in [1.54, 1.807) is 12.1 Å². The molecule has 0 unspecified atom stereocenters. The average Bonchev–Trinajstić information content (AvgIpc) is 2.81. The molecule has 1 aliphatic heterocycles. The van der Waals surface area contributed by atoms with Gasteiger partial charge in [0.25, 0.3) is 5.91 Å². The number of hydrogen-bond acceptors (Lipinski definition) is 2. The van der Waals surface area contributed by atoms with Gasteiger partial charge in [0.1, 0.15) is 23.2 Å². The van der Waals surface area contributed by atoms with Gasteiger partial charge in [-0.05, 0) is 48.0 Å². The Kier molecular flexibility index (Phi) is 3.31. The summed E-state index contributed by atoms with van der Waals surface area (Å²) in [4.78, 5) is 16.0. The lowest BCUT2D eigenvalue weighted by atomic mass is 10.2. The summed E-state index contributed by atoms with van der Waals surface area (Å²) in [7, 11) is 0. The third kappa shape index (κ3) is 2.86. The van der Waals surface area contributed by atoms with Crippen LogP contribution in [-0.4, -0.2) is 11.7 Å². The topological polar surface area (TPSA) is 41.5 Å². The van der Waals surface area contributed by atoms with Crippen LogP contribution in [0.5, 0.6) is 0 Å². The molecular formula is C16H10F2N2O. The van der Waals surface area contributed by atoms with Crippen LogP contribution in [0.3, 0.4) is 0 Å². The zero-order chi connectivity index (χ0) is 14.8. The summed E-state index contributed by atoms with van der Waals surface area (Å²) in [6.45, 7) is 0. The molecule has 104 valence electrons. The molecule has 0 aromatic heterocycles. The van der Waals surface area contributed by atoms with Crippen LogP contribution in [0, 0.1) is 11.6 Å². The van der Waals surface area contributed by atoms with Crippen LogP contribution >= 0.6 is 0 Å². The van der Waals surface area contributed by atoms with Gasteiger partial charge in [-0.15, -0.1) is 0 Å². The van der Waals surface area contributed by atoms with E-state index in [0.717, 1.165) is 0 Å². The number of nitrogens with one attached hydrogen (secondary N) is 1. The van der Waals surface area contributed by atoms with Crippen LogP contribution in [0.1, 0.15) is 11.1 Å². The first kappa shape index (κ1) is 13.2. The monoisotopic (exact) mass is 284 g/mol. The van der Waals surface area contributed by atoms with Gasteiger partial charge in [0, 0.05) is 5.56 Å². The second-order valence-electron chi connectivity index (χ2n) is 4.51. The summed E-state index contributed by atoms with van der Waals surface area (Å²) in [6, 6.07) is 11.5. The lowest BCUT2D eigenvalue weighted by Gasteiger charge is -1.99. The minimum absolute atomic E-state index is 0.180. The van der Waals surface area contributed by atoms with E-state index in [1.165, 1.54) is 42.5 Å². The van der Waals surface area contributed by atoms with E-state index < -0.39 is 0 Å². The quantitative estimate of drug-likeness (QED) is 0.846. The van der Waals surface area contributed by atoms with E-state index in [0.29, 0.717) is 17.0 Å². The van der Waals surface area contributed by atoms with Crippen molar-refractivity contribution in [1.29, 1.82) is 0 Å². The number of nitrogens with zero attached hydrogens (tertiary/aromatic N) is 1. The average molecular weight is 284 g/mol. The number of amidine groups is 1.